The van der Waals surface area contributed by atoms with E-state index in [1.165, 1.54) is 11.8 Å². The summed E-state index contributed by atoms with van der Waals surface area (Å²) in [5.74, 6) is -1.68. The smallest absolute Gasteiger partial charge is 0.331 e. The fraction of sp³-hybridized carbons (Fsp3) is 0.593. The van der Waals surface area contributed by atoms with Crippen molar-refractivity contribution in [1.82, 2.24) is 15.5 Å². The number of likely N-dealkylation sites (N-methyl/N-ethyl adjacent to an activating group) is 2. The van der Waals surface area contributed by atoms with E-state index >= 15 is 0 Å². The lowest BCUT2D eigenvalue weighted by atomic mass is 9.76. The highest BCUT2D eigenvalue weighted by molar-refractivity contribution is 5.91. The summed E-state index contributed by atoms with van der Waals surface area (Å²) in [5, 5.41) is 25.7. The number of rotatable bonds is 10. The van der Waals surface area contributed by atoms with Crippen molar-refractivity contribution in [2.45, 2.75) is 78.9 Å². The summed E-state index contributed by atoms with van der Waals surface area (Å²) in [6.07, 6.45) is 1.57. The number of phenols is 1. The molecule has 0 fully saturated rings. The van der Waals surface area contributed by atoms with Crippen molar-refractivity contribution in [2.75, 3.05) is 14.1 Å². The maximum Gasteiger partial charge on any atom is 0.331 e. The highest BCUT2D eigenvalue weighted by Crippen LogP contribution is 2.34. The molecule has 0 aliphatic heterocycles. The SMILES string of the molecule is CN[C@H](C(=O)N[C@H](C(=O)N(C)[C@H](C=C(C)C(=O)O)C(C)C)C(C)(C)C)C(C)(C)c1ccccc1O. The summed E-state index contributed by atoms with van der Waals surface area (Å²) in [4.78, 5) is 40.1. The van der Waals surface area contributed by atoms with Gasteiger partial charge in [-0.2, -0.15) is 0 Å². The van der Waals surface area contributed by atoms with Crippen LogP contribution in [0.5, 0.6) is 5.75 Å². The van der Waals surface area contributed by atoms with Gasteiger partial charge in [0.1, 0.15) is 11.8 Å². The zero-order chi connectivity index (χ0) is 27.3. The van der Waals surface area contributed by atoms with Crippen LogP contribution in [0.1, 0.15) is 61.0 Å². The number of carboxylic acid groups (broad SMARTS) is 1. The molecule has 0 spiro atoms. The van der Waals surface area contributed by atoms with Gasteiger partial charge in [0.15, 0.2) is 0 Å². The Morgan fingerprint density at radius 2 is 1.57 bits per heavy atom. The highest BCUT2D eigenvalue weighted by atomic mass is 16.4. The lowest BCUT2D eigenvalue weighted by Gasteiger charge is -2.40. The van der Waals surface area contributed by atoms with Gasteiger partial charge in [0.25, 0.3) is 0 Å². The molecular formula is C27H43N3O5. The number of carboxylic acids is 1. The van der Waals surface area contributed by atoms with Crippen LogP contribution in [0, 0.1) is 11.3 Å². The van der Waals surface area contributed by atoms with Crippen LogP contribution in [0.4, 0.5) is 0 Å². The second-order valence-electron chi connectivity index (χ2n) is 11.1. The number of para-hydroxylation sites is 1. The summed E-state index contributed by atoms with van der Waals surface area (Å²) in [7, 11) is 3.30. The number of benzene rings is 1. The van der Waals surface area contributed by atoms with E-state index in [9.17, 15) is 24.6 Å². The third-order valence-corrected chi connectivity index (χ3v) is 6.51. The van der Waals surface area contributed by atoms with Crippen molar-refractivity contribution in [3.63, 3.8) is 0 Å². The Morgan fingerprint density at radius 1 is 1.03 bits per heavy atom. The monoisotopic (exact) mass is 489 g/mol. The summed E-state index contributed by atoms with van der Waals surface area (Å²) >= 11 is 0. The van der Waals surface area contributed by atoms with Crippen LogP contribution in [0.15, 0.2) is 35.9 Å². The number of carbonyl (C=O) groups excluding carboxylic acids is 2. The first kappa shape index (κ1) is 30.2. The number of hydrogen-bond donors (Lipinski definition) is 4. The Bertz CT molecular complexity index is 946. The standard InChI is InChI=1S/C27H43N3O5/c1-16(2)19(15-17(3)25(34)35)30(10)24(33)22(26(4,5)6)29-23(32)21(28-9)27(7,8)18-13-11-12-14-20(18)31/h11-16,19,21-22,28,31H,1-10H3,(H,29,32)(H,34,35)/t19-,21-,22-/m1/s1. The van der Waals surface area contributed by atoms with E-state index in [1.807, 2.05) is 48.5 Å². The third kappa shape index (κ3) is 7.31. The first-order valence-corrected chi connectivity index (χ1v) is 11.9. The molecule has 196 valence electrons. The highest BCUT2D eigenvalue weighted by Gasteiger charge is 2.42. The van der Waals surface area contributed by atoms with Gasteiger partial charge in [-0.05, 0) is 31.4 Å². The van der Waals surface area contributed by atoms with E-state index in [0.717, 1.165) is 0 Å². The fourth-order valence-corrected chi connectivity index (χ4v) is 4.30. The van der Waals surface area contributed by atoms with E-state index in [2.05, 4.69) is 10.6 Å². The average molecular weight is 490 g/mol. The van der Waals surface area contributed by atoms with Gasteiger partial charge in [0.2, 0.25) is 11.8 Å². The largest absolute Gasteiger partial charge is 0.508 e. The molecule has 0 saturated heterocycles. The Balaban J connectivity index is 3.34. The van der Waals surface area contributed by atoms with Crippen molar-refractivity contribution < 1.29 is 24.6 Å². The maximum absolute atomic E-state index is 13.7. The second-order valence-corrected chi connectivity index (χ2v) is 11.1. The zero-order valence-electron chi connectivity index (χ0n) is 22.8. The lowest BCUT2D eigenvalue weighted by molar-refractivity contribution is -0.141. The number of amides is 2. The molecule has 0 saturated carbocycles. The van der Waals surface area contributed by atoms with Crippen LogP contribution in [0.2, 0.25) is 0 Å². The Morgan fingerprint density at radius 3 is 2.00 bits per heavy atom. The number of hydrogen-bond acceptors (Lipinski definition) is 5. The van der Waals surface area contributed by atoms with Gasteiger partial charge >= 0.3 is 5.97 Å². The minimum atomic E-state index is -1.04. The maximum atomic E-state index is 13.7. The van der Waals surface area contributed by atoms with Crippen molar-refractivity contribution >= 4 is 17.8 Å². The van der Waals surface area contributed by atoms with Crippen LogP contribution < -0.4 is 10.6 Å². The number of aliphatic carboxylic acids is 1. The van der Waals surface area contributed by atoms with E-state index < -0.39 is 34.9 Å². The molecule has 0 radical (unpaired) electrons. The van der Waals surface area contributed by atoms with Crippen LogP contribution >= 0.6 is 0 Å². The molecule has 8 heteroatoms. The van der Waals surface area contributed by atoms with Crippen molar-refractivity contribution in [3.05, 3.63) is 41.5 Å². The molecule has 0 unspecified atom stereocenters. The quantitative estimate of drug-likeness (QED) is 0.375. The molecule has 1 aromatic rings. The predicted molar refractivity (Wildman–Crippen MR) is 138 cm³/mol. The van der Waals surface area contributed by atoms with Gasteiger partial charge in [-0.25, -0.2) is 4.79 Å². The Hall–Kier alpha value is -2.87. The number of carbonyl (C=O) groups is 3. The number of nitrogens with one attached hydrogen (secondary N) is 2. The molecule has 0 aliphatic carbocycles. The Kier molecular flexibility index (Phi) is 10.1. The minimum Gasteiger partial charge on any atom is -0.508 e. The van der Waals surface area contributed by atoms with E-state index in [0.29, 0.717) is 5.56 Å². The Labute approximate surface area is 209 Å². The number of nitrogens with zero attached hydrogens (tertiary/aromatic N) is 1. The lowest BCUT2D eigenvalue weighted by Crippen LogP contribution is -2.61. The van der Waals surface area contributed by atoms with Gasteiger partial charge in [-0.15, -0.1) is 0 Å². The first-order chi connectivity index (χ1) is 16.0. The number of aromatic hydroxyl groups is 1. The molecule has 0 heterocycles. The predicted octanol–water partition coefficient (Wildman–Crippen LogP) is 3.30. The first-order valence-electron chi connectivity index (χ1n) is 11.9. The van der Waals surface area contributed by atoms with Crippen LogP contribution in [-0.2, 0) is 19.8 Å². The van der Waals surface area contributed by atoms with Crippen molar-refractivity contribution in [1.29, 1.82) is 0 Å². The van der Waals surface area contributed by atoms with Crippen LogP contribution in [0.3, 0.4) is 0 Å². The molecule has 2 amide bonds. The molecular weight excluding hydrogens is 446 g/mol. The molecule has 0 bridgehead atoms. The molecule has 0 aliphatic rings. The molecule has 8 nitrogen and oxygen atoms in total. The zero-order valence-corrected chi connectivity index (χ0v) is 22.8. The fourth-order valence-electron chi connectivity index (χ4n) is 4.30. The van der Waals surface area contributed by atoms with Gasteiger partial charge < -0.3 is 25.7 Å². The van der Waals surface area contributed by atoms with E-state index in [-0.39, 0.29) is 29.1 Å². The third-order valence-electron chi connectivity index (χ3n) is 6.51. The van der Waals surface area contributed by atoms with Gasteiger partial charge in [0, 0.05) is 23.6 Å². The topological polar surface area (TPSA) is 119 Å². The van der Waals surface area contributed by atoms with Gasteiger partial charge in [0.05, 0.1) is 12.1 Å². The molecule has 35 heavy (non-hydrogen) atoms. The minimum absolute atomic E-state index is 0.0420. The molecule has 1 aromatic carbocycles. The average Bonchev–Trinajstić information content (AvgIpc) is 2.73. The molecule has 1 rings (SSSR count). The van der Waals surface area contributed by atoms with Crippen molar-refractivity contribution in [2.24, 2.45) is 11.3 Å². The summed E-state index contributed by atoms with van der Waals surface area (Å²) < 4.78 is 0. The van der Waals surface area contributed by atoms with Gasteiger partial charge in [-0.3, -0.25) is 9.59 Å². The normalized spacial score (nSPS) is 15.3. The summed E-state index contributed by atoms with van der Waals surface area (Å²) in [6.45, 7) is 14.7. The van der Waals surface area contributed by atoms with Crippen molar-refractivity contribution in [3.8, 4) is 5.75 Å². The van der Waals surface area contributed by atoms with E-state index in [1.54, 1.807) is 44.4 Å². The molecule has 3 atom stereocenters. The van der Waals surface area contributed by atoms with Crippen LogP contribution in [0.25, 0.3) is 0 Å². The van der Waals surface area contributed by atoms with Crippen LogP contribution in [-0.4, -0.2) is 65.1 Å². The van der Waals surface area contributed by atoms with Gasteiger partial charge in [-0.1, -0.05) is 72.7 Å². The summed E-state index contributed by atoms with van der Waals surface area (Å²) in [6, 6.07) is 4.81. The second kappa shape index (κ2) is 11.7. The molecule has 0 aromatic heterocycles. The van der Waals surface area contributed by atoms with E-state index in [4.69, 9.17) is 0 Å². The summed E-state index contributed by atoms with van der Waals surface area (Å²) in [5.41, 5.74) is -0.645. The number of phenolic OH excluding ortho intramolecular Hbond substituents is 1. The molecule has 4 N–H and O–H groups in total.